The fraction of sp³-hybridized carbons (Fsp3) is 0.462. The molecule has 0 saturated heterocycles. The van der Waals surface area contributed by atoms with E-state index < -0.39 is 5.97 Å². The Morgan fingerprint density at radius 2 is 2.11 bits per heavy atom. The summed E-state index contributed by atoms with van der Waals surface area (Å²) in [6.07, 6.45) is 0. The van der Waals surface area contributed by atoms with Crippen molar-refractivity contribution in [2.24, 2.45) is 5.92 Å². The number of esters is 1. The summed E-state index contributed by atoms with van der Waals surface area (Å²) in [5.41, 5.74) is 6.31. The van der Waals surface area contributed by atoms with Crippen LogP contribution in [0.3, 0.4) is 0 Å². The molecule has 0 heterocycles. The fourth-order valence-electron chi connectivity index (χ4n) is 1.31. The van der Waals surface area contributed by atoms with Gasteiger partial charge in [-0.1, -0.05) is 25.4 Å². The van der Waals surface area contributed by atoms with E-state index in [0.29, 0.717) is 35.4 Å². The second-order valence-corrected chi connectivity index (χ2v) is 4.77. The van der Waals surface area contributed by atoms with Crippen molar-refractivity contribution in [3.63, 3.8) is 0 Å². The third kappa shape index (κ3) is 4.94. The van der Waals surface area contributed by atoms with Gasteiger partial charge < -0.3 is 15.2 Å². The fourth-order valence-corrected chi connectivity index (χ4v) is 1.49. The van der Waals surface area contributed by atoms with Crippen molar-refractivity contribution in [2.75, 3.05) is 25.6 Å². The molecule has 4 nitrogen and oxygen atoms in total. The van der Waals surface area contributed by atoms with Crippen LogP contribution in [0.5, 0.6) is 0 Å². The van der Waals surface area contributed by atoms with Crippen molar-refractivity contribution in [3.8, 4) is 0 Å². The van der Waals surface area contributed by atoms with Crippen LogP contribution in [0.2, 0.25) is 5.02 Å². The third-order valence-electron chi connectivity index (χ3n) is 2.15. The van der Waals surface area contributed by atoms with Crippen LogP contribution in [0.4, 0.5) is 5.69 Å². The summed E-state index contributed by atoms with van der Waals surface area (Å²) in [7, 11) is 0. The Morgan fingerprint density at radius 1 is 1.39 bits per heavy atom. The Labute approximate surface area is 112 Å². The number of halogens is 1. The van der Waals surface area contributed by atoms with Crippen LogP contribution in [0.25, 0.3) is 0 Å². The Hall–Kier alpha value is -1.26. The Morgan fingerprint density at radius 3 is 2.72 bits per heavy atom. The van der Waals surface area contributed by atoms with Gasteiger partial charge in [0.05, 0.1) is 12.2 Å². The van der Waals surface area contributed by atoms with E-state index in [-0.39, 0.29) is 6.61 Å². The highest BCUT2D eigenvalue weighted by Crippen LogP contribution is 2.18. The predicted molar refractivity (Wildman–Crippen MR) is 71.8 cm³/mol. The van der Waals surface area contributed by atoms with Gasteiger partial charge in [0, 0.05) is 17.3 Å². The number of hydrogen-bond acceptors (Lipinski definition) is 4. The van der Waals surface area contributed by atoms with E-state index >= 15 is 0 Å². The lowest BCUT2D eigenvalue weighted by Crippen LogP contribution is -2.13. The molecule has 0 saturated carbocycles. The molecular weight excluding hydrogens is 254 g/mol. The summed E-state index contributed by atoms with van der Waals surface area (Å²) in [6.45, 7) is 5.37. The number of nitrogens with two attached hydrogens (primary N) is 1. The summed E-state index contributed by atoms with van der Waals surface area (Å²) in [5, 5.41) is 0.490. The van der Waals surface area contributed by atoms with Gasteiger partial charge in [-0.05, 0) is 24.1 Å². The molecule has 18 heavy (non-hydrogen) atoms. The molecule has 1 aromatic carbocycles. The van der Waals surface area contributed by atoms with Gasteiger partial charge in [0.1, 0.15) is 6.61 Å². The molecule has 0 aliphatic rings. The molecule has 1 rings (SSSR count). The molecule has 1 aromatic rings. The van der Waals surface area contributed by atoms with E-state index in [9.17, 15) is 4.79 Å². The highest BCUT2D eigenvalue weighted by Gasteiger charge is 2.11. The van der Waals surface area contributed by atoms with Crippen LogP contribution in [-0.2, 0) is 9.47 Å². The Balaban J connectivity index is 2.36. The van der Waals surface area contributed by atoms with Crippen LogP contribution >= 0.6 is 11.6 Å². The molecule has 0 bridgehead atoms. The number of ether oxygens (including phenoxy) is 2. The second-order valence-electron chi connectivity index (χ2n) is 4.34. The highest BCUT2D eigenvalue weighted by molar-refractivity contribution is 6.31. The van der Waals surface area contributed by atoms with Crippen LogP contribution < -0.4 is 5.73 Å². The maximum absolute atomic E-state index is 11.7. The number of anilines is 1. The second kappa shape index (κ2) is 7.24. The molecule has 0 atom stereocenters. The molecule has 100 valence electrons. The summed E-state index contributed by atoms with van der Waals surface area (Å²) >= 11 is 5.74. The van der Waals surface area contributed by atoms with E-state index in [1.807, 2.05) is 0 Å². The molecule has 2 N–H and O–H groups in total. The van der Waals surface area contributed by atoms with Gasteiger partial charge >= 0.3 is 5.97 Å². The monoisotopic (exact) mass is 271 g/mol. The standard InChI is InChI=1S/C13H18ClNO3/c1-9(2)8-17-5-6-18-13(16)11-4-3-10(14)7-12(11)15/h3-4,7,9H,5-6,8,15H2,1-2H3. The van der Waals surface area contributed by atoms with Crippen molar-refractivity contribution in [3.05, 3.63) is 28.8 Å². The number of rotatable bonds is 6. The molecule has 5 heteroatoms. The van der Waals surface area contributed by atoms with Gasteiger partial charge in [-0.25, -0.2) is 4.79 Å². The smallest absolute Gasteiger partial charge is 0.340 e. The van der Waals surface area contributed by atoms with Crippen molar-refractivity contribution in [2.45, 2.75) is 13.8 Å². The zero-order chi connectivity index (χ0) is 13.5. The molecule has 0 aliphatic heterocycles. The first-order valence-corrected chi connectivity index (χ1v) is 6.18. The maximum atomic E-state index is 11.7. The molecular formula is C13H18ClNO3. The Bertz CT molecular complexity index is 407. The van der Waals surface area contributed by atoms with Crippen LogP contribution in [-0.4, -0.2) is 25.8 Å². The van der Waals surface area contributed by atoms with Crippen molar-refractivity contribution in [1.82, 2.24) is 0 Å². The minimum absolute atomic E-state index is 0.216. The zero-order valence-corrected chi connectivity index (χ0v) is 11.4. The number of nitrogen functional groups attached to an aromatic ring is 1. The molecule has 0 amide bonds. The van der Waals surface area contributed by atoms with Gasteiger partial charge in [0.15, 0.2) is 0 Å². The van der Waals surface area contributed by atoms with Crippen molar-refractivity contribution >= 4 is 23.3 Å². The summed E-state index contributed by atoms with van der Waals surface area (Å²) in [6, 6.07) is 4.67. The van der Waals surface area contributed by atoms with Gasteiger partial charge in [-0.2, -0.15) is 0 Å². The van der Waals surface area contributed by atoms with Crippen LogP contribution in [0, 0.1) is 5.92 Å². The lowest BCUT2D eigenvalue weighted by atomic mass is 10.2. The average molecular weight is 272 g/mol. The van der Waals surface area contributed by atoms with E-state index in [1.165, 1.54) is 6.07 Å². The highest BCUT2D eigenvalue weighted by atomic mass is 35.5. The summed E-state index contributed by atoms with van der Waals surface area (Å²) in [5.74, 6) is 0.00456. The molecule has 0 unspecified atom stereocenters. The van der Waals surface area contributed by atoms with E-state index in [2.05, 4.69) is 13.8 Å². The predicted octanol–water partition coefficient (Wildman–Crippen LogP) is 2.75. The van der Waals surface area contributed by atoms with Crippen molar-refractivity contribution in [1.29, 1.82) is 0 Å². The number of benzene rings is 1. The molecule has 0 aromatic heterocycles. The lowest BCUT2D eigenvalue weighted by molar-refractivity contribution is 0.0278. The normalized spacial score (nSPS) is 10.7. The van der Waals surface area contributed by atoms with Gasteiger partial charge in [0.25, 0.3) is 0 Å². The first-order chi connectivity index (χ1) is 8.50. The minimum atomic E-state index is -0.461. The number of carbonyl (C=O) groups is 1. The van der Waals surface area contributed by atoms with Crippen LogP contribution in [0.1, 0.15) is 24.2 Å². The van der Waals surface area contributed by atoms with Gasteiger partial charge in [0.2, 0.25) is 0 Å². The number of carbonyl (C=O) groups excluding carboxylic acids is 1. The van der Waals surface area contributed by atoms with Gasteiger partial charge in [-0.3, -0.25) is 0 Å². The summed E-state index contributed by atoms with van der Waals surface area (Å²) < 4.78 is 10.3. The largest absolute Gasteiger partial charge is 0.460 e. The SMILES string of the molecule is CC(C)COCCOC(=O)c1ccc(Cl)cc1N. The average Bonchev–Trinajstić information content (AvgIpc) is 2.27. The Kier molecular flexibility index (Phi) is 5.95. The maximum Gasteiger partial charge on any atom is 0.340 e. The van der Waals surface area contributed by atoms with E-state index in [0.717, 1.165) is 0 Å². The molecule has 0 aliphatic carbocycles. The summed E-state index contributed by atoms with van der Waals surface area (Å²) in [4.78, 5) is 11.7. The van der Waals surface area contributed by atoms with E-state index in [4.69, 9.17) is 26.8 Å². The lowest BCUT2D eigenvalue weighted by Gasteiger charge is -2.09. The number of hydrogen-bond donors (Lipinski definition) is 1. The molecule has 0 fully saturated rings. The van der Waals surface area contributed by atoms with Gasteiger partial charge in [-0.15, -0.1) is 0 Å². The molecule has 0 spiro atoms. The zero-order valence-electron chi connectivity index (χ0n) is 10.6. The first kappa shape index (κ1) is 14.8. The molecule has 0 radical (unpaired) electrons. The van der Waals surface area contributed by atoms with Crippen LogP contribution in [0.15, 0.2) is 18.2 Å². The first-order valence-electron chi connectivity index (χ1n) is 5.80. The topological polar surface area (TPSA) is 61.5 Å². The van der Waals surface area contributed by atoms with Crippen molar-refractivity contribution < 1.29 is 14.3 Å². The van der Waals surface area contributed by atoms with E-state index in [1.54, 1.807) is 12.1 Å². The quantitative estimate of drug-likeness (QED) is 0.491. The third-order valence-corrected chi connectivity index (χ3v) is 2.38. The minimum Gasteiger partial charge on any atom is -0.460 e.